The minimum Gasteiger partial charge on any atom is -0.466 e. The Morgan fingerprint density at radius 2 is 1.58 bits per heavy atom. The summed E-state index contributed by atoms with van der Waals surface area (Å²) < 4.78 is 10.8. The molecule has 4 aliphatic carbocycles. The summed E-state index contributed by atoms with van der Waals surface area (Å²) in [5, 5.41) is 0. The first kappa shape index (κ1) is 24.7. The van der Waals surface area contributed by atoms with Crippen molar-refractivity contribution in [3.05, 3.63) is 0 Å². The molecule has 0 aliphatic heterocycles. The second-order valence-electron chi connectivity index (χ2n) is 12.1. The van der Waals surface area contributed by atoms with E-state index in [9.17, 15) is 14.4 Å². The summed E-state index contributed by atoms with van der Waals surface area (Å²) >= 11 is 0. The maximum atomic E-state index is 12.4. The average Bonchev–Trinajstić information content (AvgIpc) is 3.11. The summed E-state index contributed by atoms with van der Waals surface area (Å²) in [4.78, 5) is 35.5. The van der Waals surface area contributed by atoms with Gasteiger partial charge in [-0.2, -0.15) is 0 Å². The normalized spacial score (nSPS) is 41.9. The number of carbonyl (C=O) groups excluding carboxylic acids is 3. The molecule has 5 heteroatoms. The quantitative estimate of drug-likeness (QED) is 0.350. The summed E-state index contributed by atoms with van der Waals surface area (Å²) in [5.74, 6) is 3.20. The molecule has 33 heavy (non-hydrogen) atoms. The van der Waals surface area contributed by atoms with Crippen LogP contribution in [0, 0.1) is 40.4 Å². The third kappa shape index (κ3) is 4.75. The van der Waals surface area contributed by atoms with Crippen LogP contribution in [0.3, 0.4) is 0 Å². The predicted molar refractivity (Wildman–Crippen MR) is 126 cm³/mol. The molecule has 0 saturated heterocycles. The first-order valence-corrected chi connectivity index (χ1v) is 13.5. The molecule has 4 saturated carbocycles. The monoisotopic (exact) mass is 460 g/mol. The van der Waals surface area contributed by atoms with Crippen LogP contribution in [0.15, 0.2) is 0 Å². The van der Waals surface area contributed by atoms with Gasteiger partial charge in [-0.1, -0.05) is 13.8 Å². The molecule has 186 valence electrons. The van der Waals surface area contributed by atoms with Crippen LogP contribution in [0.25, 0.3) is 0 Å². The zero-order chi connectivity index (χ0) is 23.8. The van der Waals surface area contributed by atoms with E-state index in [1.807, 2.05) is 6.92 Å². The van der Waals surface area contributed by atoms with Crippen molar-refractivity contribution in [2.75, 3.05) is 6.61 Å². The standard InChI is InChI=1S/C28H44O5/c1-18(29)23-10-11-24-22-9-8-20-17-21(33-26(31)7-5-6-16-32-19(2)30)12-14-27(20,3)25(22)13-15-28(23,24)4/h20-25H,5-17H2,1-4H3/t20-,21?,22-,23+,24-,25-,27-,28+/m0/s1. The van der Waals surface area contributed by atoms with Gasteiger partial charge in [-0.15, -0.1) is 0 Å². The van der Waals surface area contributed by atoms with E-state index in [-0.39, 0.29) is 29.4 Å². The van der Waals surface area contributed by atoms with E-state index in [1.54, 1.807) is 0 Å². The Morgan fingerprint density at radius 1 is 0.848 bits per heavy atom. The highest BCUT2D eigenvalue weighted by atomic mass is 16.5. The fraction of sp³-hybridized carbons (Fsp3) is 0.893. The van der Waals surface area contributed by atoms with Crippen LogP contribution in [-0.2, 0) is 23.9 Å². The molecule has 5 nitrogen and oxygen atoms in total. The van der Waals surface area contributed by atoms with Crippen LogP contribution in [0.1, 0.15) is 105 Å². The SMILES string of the molecule is CC(=O)OCCCCC(=O)OC1CC[C@@]2(C)[C@@H](CC[C@@H]3[C@@H]2CC[C@]2(C)[C@@H](C(C)=O)CC[C@@H]32)C1. The number of unbranched alkanes of at least 4 members (excludes halogenated alkanes) is 1. The highest BCUT2D eigenvalue weighted by molar-refractivity contribution is 5.79. The largest absolute Gasteiger partial charge is 0.466 e. The minimum atomic E-state index is -0.272. The molecule has 0 amide bonds. The molecule has 0 aromatic rings. The van der Waals surface area contributed by atoms with Gasteiger partial charge in [0.2, 0.25) is 0 Å². The van der Waals surface area contributed by atoms with Crippen LogP contribution >= 0.6 is 0 Å². The molecular weight excluding hydrogens is 416 g/mol. The van der Waals surface area contributed by atoms with E-state index < -0.39 is 0 Å². The van der Waals surface area contributed by atoms with Crippen LogP contribution in [0.4, 0.5) is 0 Å². The van der Waals surface area contributed by atoms with E-state index >= 15 is 0 Å². The number of rotatable bonds is 7. The molecule has 4 rings (SSSR count). The van der Waals surface area contributed by atoms with Gasteiger partial charge in [0.1, 0.15) is 11.9 Å². The fourth-order valence-electron chi connectivity index (χ4n) is 8.83. The number of carbonyl (C=O) groups is 3. The summed E-state index contributed by atoms with van der Waals surface area (Å²) in [6.45, 7) is 8.54. The number of ether oxygens (including phenoxy) is 2. The molecule has 4 fully saturated rings. The topological polar surface area (TPSA) is 69.7 Å². The first-order valence-electron chi connectivity index (χ1n) is 13.5. The van der Waals surface area contributed by atoms with Gasteiger partial charge in [-0.05, 0) is 112 Å². The molecule has 0 bridgehead atoms. The smallest absolute Gasteiger partial charge is 0.306 e. The summed E-state index contributed by atoms with van der Waals surface area (Å²) in [6.07, 6.45) is 12.3. The van der Waals surface area contributed by atoms with Gasteiger partial charge >= 0.3 is 11.9 Å². The zero-order valence-electron chi connectivity index (χ0n) is 21.2. The second kappa shape index (κ2) is 9.70. The van der Waals surface area contributed by atoms with E-state index in [2.05, 4.69) is 13.8 Å². The van der Waals surface area contributed by atoms with Crippen molar-refractivity contribution >= 4 is 17.7 Å². The van der Waals surface area contributed by atoms with Gasteiger partial charge in [0, 0.05) is 19.3 Å². The molecule has 4 aliphatic rings. The maximum absolute atomic E-state index is 12.4. The van der Waals surface area contributed by atoms with Crippen molar-refractivity contribution in [2.24, 2.45) is 40.4 Å². The number of hydrogen-bond acceptors (Lipinski definition) is 5. The minimum absolute atomic E-state index is 0.0584. The second-order valence-corrected chi connectivity index (χ2v) is 12.1. The molecule has 0 N–H and O–H groups in total. The lowest BCUT2D eigenvalue weighted by Gasteiger charge is -2.61. The third-order valence-electron chi connectivity index (χ3n) is 10.5. The van der Waals surface area contributed by atoms with Crippen molar-refractivity contribution in [3.8, 4) is 0 Å². The summed E-state index contributed by atoms with van der Waals surface area (Å²) in [6, 6.07) is 0. The third-order valence-corrected chi connectivity index (χ3v) is 10.5. The number of Topliss-reactive ketones (excluding diaryl/α,β-unsaturated/α-hetero) is 1. The van der Waals surface area contributed by atoms with Crippen LogP contribution in [0.5, 0.6) is 0 Å². The van der Waals surface area contributed by atoms with Gasteiger partial charge < -0.3 is 9.47 Å². The van der Waals surface area contributed by atoms with E-state index in [0.717, 1.165) is 37.5 Å². The van der Waals surface area contributed by atoms with Crippen molar-refractivity contribution < 1.29 is 23.9 Å². The highest BCUT2D eigenvalue weighted by Gasteiger charge is 2.60. The van der Waals surface area contributed by atoms with Crippen molar-refractivity contribution in [1.29, 1.82) is 0 Å². The lowest BCUT2D eigenvalue weighted by molar-refractivity contribution is -0.163. The summed E-state index contributed by atoms with van der Waals surface area (Å²) in [7, 11) is 0. The Labute approximate surface area is 199 Å². The molecule has 0 heterocycles. The Kier molecular flexibility index (Phi) is 7.27. The highest BCUT2D eigenvalue weighted by Crippen LogP contribution is 2.67. The molecule has 1 unspecified atom stereocenters. The van der Waals surface area contributed by atoms with Gasteiger partial charge in [-0.25, -0.2) is 0 Å². The lowest BCUT2D eigenvalue weighted by Crippen LogP contribution is -2.54. The molecule has 8 atom stereocenters. The Balaban J connectivity index is 1.31. The Bertz CT molecular complexity index is 761. The van der Waals surface area contributed by atoms with E-state index in [4.69, 9.17) is 9.47 Å². The molecular formula is C28H44O5. The van der Waals surface area contributed by atoms with Crippen LogP contribution in [0.2, 0.25) is 0 Å². The van der Waals surface area contributed by atoms with Crippen molar-refractivity contribution in [2.45, 2.75) is 111 Å². The van der Waals surface area contributed by atoms with Gasteiger partial charge in [0.05, 0.1) is 6.61 Å². The van der Waals surface area contributed by atoms with Crippen molar-refractivity contribution in [3.63, 3.8) is 0 Å². The van der Waals surface area contributed by atoms with Gasteiger partial charge in [0.25, 0.3) is 0 Å². The lowest BCUT2D eigenvalue weighted by atomic mass is 9.44. The average molecular weight is 461 g/mol. The van der Waals surface area contributed by atoms with E-state index in [1.165, 1.54) is 39.0 Å². The zero-order valence-corrected chi connectivity index (χ0v) is 21.2. The van der Waals surface area contributed by atoms with Crippen LogP contribution < -0.4 is 0 Å². The number of fused-ring (bicyclic) bond motifs is 5. The Morgan fingerprint density at radius 3 is 2.30 bits per heavy atom. The molecule has 0 spiro atoms. The predicted octanol–water partition coefficient (Wildman–Crippen LogP) is 5.88. The summed E-state index contributed by atoms with van der Waals surface area (Å²) in [5.41, 5.74) is 0.573. The number of ketones is 1. The number of hydrogen-bond donors (Lipinski definition) is 0. The molecule has 0 aromatic carbocycles. The number of esters is 2. The Hall–Kier alpha value is -1.39. The van der Waals surface area contributed by atoms with Crippen LogP contribution in [-0.4, -0.2) is 30.4 Å². The fourth-order valence-corrected chi connectivity index (χ4v) is 8.83. The maximum Gasteiger partial charge on any atom is 0.306 e. The first-order chi connectivity index (χ1) is 15.6. The van der Waals surface area contributed by atoms with Gasteiger partial charge in [-0.3, -0.25) is 14.4 Å². The van der Waals surface area contributed by atoms with Gasteiger partial charge in [0.15, 0.2) is 0 Å². The molecule has 0 radical (unpaired) electrons. The molecule has 0 aromatic heterocycles. The van der Waals surface area contributed by atoms with Crippen molar-refractivity contribution in [1.82, 2.24) is 0 Å². The van der Waals surface area contributed by atoms with E-state index in [0.29, 0.717) is 48.9 Å².